The van der Waals surface area contributed by atoms with Gasteiger partial charge in [-0.15, -0.1) is 0 Å². The van der Waals surface area contributed by atoms with Crippen LogP contribution in [0.2, 0.25) is 0 Å². The van der Waals surface area contributed by atoms with Crippen molar-refractivity contribution in [3.8, 4) is 0 Å². The van der Waals surface area contributed by atoms with Crippen molar-refractivity contribution in [2.45, 2.75) is 51.2 Å². The van der Waals surface area contributed by atoms with Crippen molar-refractivity contribution in [1.82, 2.24) is 9.80 Å². The van der Waals surface area contributed by atoms with Gasteiger partial charge in [-0.1, -0.05) is 43.7 Å². The number of rotatable bonds is 7. The van der Waals surface area contributed by atoms with E-state index in [0.29, 0.717) is 6.04 Å². The fourth-order valence-electron chi connectivity index (χ4n) is 3.59. The van der Waals surface area contributed by atoms with E-state index in [1.54, 1.807) is 0 Å². The molecule has 21 heavy (non-hydrogen) atoms. The van der Waals surface area contributed by atoms with Gasteiger partial charge in [-0.25, -0.2) is 0 Å². The molecule has 0 bridgehead atoms. The molecule has 2 unspecified atom stereocenters. The first-order valence-electron chi connectivity index (χ1n) is 8.30. The van der Waals surface area contributed by atoms with Crippen LogP contribution in [-0.4, -0.2) is 48.1 Å². The Morgan fingerprint density at radius 3 is 2.67 bits per heavy atom. The maximum Gasteiger partial charge on any atom is 0.0470 e. The van der Waals surface area contributed by atoms with Crippen molar-refractivity contribution in [2.24, 2.45) is 5.73 Å². The molecule has 0 spiro atoms. The second-order valence-electron chi connectivity index (χ2n) is 6.62. The highest BCUT2D eigenvalue weighted by Gasteiger charge is 2.41. The normalized spacial score (nSPS) is 24.6. The smallest absolute Gasteiger partial charge is 0.0470 e. The van der Waals surface area contributed by atoms with Gasteiger partial charge in [0.15, 0.2) is 0 Å². The molecule has 1 aliphatic rings. The molecule has 0 amide bonds. The first-order chi connectivity index (χ1) is 10.1. The number of hydrogen-bond acceptors (Lipinski definition) is 3. The molecule has 2 N–H and O–H groups in total. The summed E-state index contributed by atoms with van der Waals surface area (Å²) in [7, 11) is 2.26. The predicted molar refractivity (Wildman–Crippen MR) is 90.3 cm³/mol. The van der Waals surface area contributed by atoms with Gasteiger partial charge in [0.2, 0.25) is 0 Å². The van der Waals surface area contributed by atoms with Crippen molar-refractivity contribution >= 4 is 0 Å². The van der Waals surface area contributed by atoms with E-state index in [9.17, 15) is 0 Å². The summed E-state index contributed by atoms with van der Waals surface area (Å²) in [6, 6.07) is 11.4. The SMILES string of the molecule is CCCC(C)N(C)C1(CN)CCN(Cc2ccccc2)C1. The molecule has 0 aliphatic carbocycles. The Hall–Kier alpha value is -0.900. The van der Waals surface area contributed by atoms with Crippen molar-refractivity contribution in [3.63, 3.8) is 0 Å². The summed E-state index contributed by atoms with van der Waals surface area (Å²) in [6.45, 7) is 8.62. The van der Waals surface area contributed by atoms with E-state index in [2.05, 4.69) is 61.0 Å². The van der Waals surface area contributed by atoms with Crippen molar-refractivity contribution in [2.75, 3.05) is 26.7 Å². The highest BCUT2D eigenvalue weighted by Crippen LogP contribution is 2.29. The van der Waals surface area contributed by atoms with Crippen LogP contribution in [0.1, 0.15) is 38.7 Å². The van der Waals surface area contributed by atoms with Crippen LogP contribution in [0.5, 0.6) is 0 Å². The summed E-state index contributed by atoms with van der Waals surface area (Å²) >= 11 is 0. The number of nitrogens with zero attached hydrogens (tertiary/aromatic N) is 2. The van der Waals surface area contributed by atoms with Gasteiger partial charge in [0.1, 0.15) is 0 Å². The quantitative estimate of drug-likeness (QED) is 0.837. The Labute approximate surface area is 130 Å². The summed E-state index contributed by atoms with van der Waals surface area (Å²) in [6.07, 6.45) is 3.66. The molecule has 1 fully saturated rings. The molecular weight excluding hydrogens is 258 g/mol. The second-order valence-corrected chi connectivity index (χ2v) is 6.62. The molecule has 3 heteroatoms. The van der Waals surface area contributed by atoms with E-state index in [0.717, 1.165) is 26.2 Å². The Morgan fingerprint density at radius 2 is 2.05 bits per heavy atom. The van der Waals surface area contributed by atoms with Crippen LogP contribution in [0.15, 0.2) is 30.3 Å². The van der Waals surface area contributed by atoms with E-state index in [-0.39, 0.29) is 5.54 Å². The minimum absolute atomic E-state index is 0.156. The Morgan fingerprint density at radius 1 is 1.33 bits per heavy atom. The standard InChI is InChI=1S/C18H31N3/c1-4-8-16(2)20(3)18(14-19)11-12-21(15-18)13-17-9-6-5-7-10-17/h5-7,9-10,16H,4,8,11-15,19H2,1-3H3. The van der Waals surface area contributed by atoms with Gasteiger partial charge in [0.05, 0.1) is 0 Å². The lowest BCUT2D eigenvalue weighted by molar-refractivity contribution is 0.0841. The molecule has 2 atom stereocenters. The third-order valence-electron chi connectivity index (χ3n) is 5.16. The fraction of sp³-hybridized carbons (Fsp3) is 0.667. The number of nitrogens with two attached hydrogens (primary N) is 1. The minimum atomic E-state index is 0.156. The summed E-state index contributed by atoms with van der Waals surface area (Å²) < 4.78 is 0. The molecule has 0 aromatic heterocycles. The van der Waals surface area contributed by atoms with Crippen molar-refractivity contribution < 1.29 is 0 Å². The molecule has 1 heterocycles. The minimum Gasteiger partial charge on any atom is -0.329 e. The van der Waals surface area contributed by atoms with Crippen LogP contribution < -0.4 is 5.73 Å². The highest BCUT2D eigenvalue weighted by molar-refractivity contribution is 5.15. The lowest BCUT2D eigenvalue weighted by atomic mass is 9.94. The average molecular weight is 289 g/mol. The monoisotopic (exact) mass is 289 g/mol. The van der Waals surface area contributed by atoms with Crippen molar-refractivity contribution in [1.29, 1.82) is 0 Å². The fourth-order valence-corrected chi connectivity index (χ4v) is 3.59. The zero-order valence-electron chi connectivity index (χ0n) is 13.9. The summed E-state index contributed by atoms with van der Waals surface area (Å²) in [5.41, 5.74) is 7.74. The third-order valence-corrected chi connectivity index (χ3v) is 5.16. The van der Waals surface area contributed by atoms with E-state index < -0.39 is 0 Å². The zero-order chi connectivity index (χ0) is 15.3. The van der Waals surface area contributed by atoms with Crippen LogP contribution in [0.3, 0.4) is 0 Å². The molecule has 1 saturated heterocycles. The predicted octanol–water partition coefficient (Wildman–Crippen LogP) is 2.71. The molecule has 0 saturated carbocycles. The van der Waals surface area contributed by atoms with E-state index in [4.69, 9.17) is 5.73 Å². The van der Waals surface area contributed by atoms with Gasteiger partial charge in [-0.2, -0.15) is 0 Å². The van der Waals surface area contributed by atoms with Gasteiger partial charge < -0.3 is 5.73 Å². The largest absolute Gasteiger partial charge is 0.329 e. The maximum atomic E-state index is 6.19. The van der Waals surface area contributed by atoms with Crippen LogP contribution in [0, 0.1) is 0 Å². The molecule has 1 aromatic carbocycles. The van der Waals surface area contributed by atoms with E-state index >= 15 is 0 Å². The first kappa shape index (κ1) is 16.5. The molecule has 118 valence electrons. The summed E-state index contributed by atoms with van der Waals surface area (Å²) in [4.78, 5) is 5.10. The van der Waals surface area contributed by atoms with Gasteiger partial charge in [0, 0.05) is 37.8 Å². The van der Waals surface area contributed by atoms with Gasteiger partial charge in [0.25, 0.3) is 0 Å². The van der Waals surface area contributed by atoms with Crippen LogP contribution >= 0.6 is 0 Å². The molecule has 1 aromatic rings. The molecular formula is C18H31N3. The molecule has 2 rings (SSSR count). The maximum absolute atomic E-state index is 6.19. The third kappa shape index (κ3) is 3.85. The summed E-state index contributed by atoms with van der Waals surface area (Å²) in [5, 5.41) is 0. The summed E-state index contributed by atoms with van der Waals surface area (Å²) in [5.74, 6) is 0. The lowest BCUT2D eigenvalue weighted by Crippen LogP contribution is -2.56. The van der Waals surface area contributed by atoms with E-state index in [1.165, 1.54) is 24.8 Å². The van der Waals surface area contributed by atoms with Gasteiger partial charge in [-0.3, -0.25) is 9.80 Å². The molecule has 1 aliphatic heterocycles. The van der Waals surface area contributed by atoms with Crippen LogP contribution in [-0.2, 0) is 6.54 Å². The topological polar surface area (TPSA) is 32.5 Å². The number of likely N-dealkylation sites (N-methyl/N-ethyl adjacent to an activating group) is 1. The first-order valence-corrected chi connectivity index (χ1v) is 8.30. The van der Waals surface area contributed by atoms with Crippen molar-refractivity contribution in [3.05, 3.63) is 35.9 Å². The Kier molecular flexibility index (Phi) is 5.80. The molecule has 3 nitrogen and oxygen atoms in total. The number of benzene rings is 1. The number of hydrogen-bond donors (Lipinski definition) is 1. The van der Waals surface area contributed by atoms with E-state index in [1.807, 2.05) is 0 Å². The zero-order valence-corrected chi connectivity index (χ0v) is 13.9. The lowest BCUT2D eigenvalue weighted by Gasteiger charge is -2.42. The molecule has 0 radical (unpaired) electrons. The second kappa shape index (κ2) is 7.39. The van der Waals surface area contributed by atoms with Gasteiger partial charge in [-0.05, 0) is 32.4 Å². The number of likely N-dealkylation sites (tertiary alicyclic amines) is 1. The van der Waals surface area contributed by atoms with Crippen LogP contribution in [0.4, 0.5) is 0 Å². The Bertz CT molecular complexity index is 420. The average Bonchev–Trinajstić information content (AvgIpc) is 2.92. The highest BCUT2D eigenvalue weighted by atomic mass is 15.3. The van der Waals surface area contributed by atoms with Crippen LogP contribution in [0.25, 0.3) is 0 Å². The Balaban J connectivity index is 2.00. The van der Waals surface area contributed by atoms with Gasteiger partial charge >= 0.3 is 0 Å².